The van der Waals surface area contributed by atoms with Crippen molar-refractivity contribution in [3.05, 3.63) is 55.7 Å². The molecule has 0 spiro atoms. The van der Waals surface area contributed by atoms with Crippen molar-refractivity contribution in [2.45, 2.75) is 39.8 Å². The Morgan fingerprint density at radius 1 is 1.21 bits per heavy atom. The van der Waals surface area contributed by atoms with E-state index in [1.54, 1.807) is 0 Å². The van der Waals surface area contributed by atoms with E-state index >= 15 is 0 Å². The third-order valence-electron chi connectivity index (χ3n) is 3.19. The first-order valence-corrected chi connectivity index (χ1v) is 8.19. The van der Waals surface area contributed by atoms with Crippen molar-refractivity contribution < 1.29 is 0 Å². The van der Waals surface area contributed by atoms with Crippen LogP contribution in [0.25, 0.3) is 0 Å². The van der Waals surface area contributed by atoms with Gasteiger partial charge in [0.25, 0.3) is 0 Å². The second-order valence-electron chi connectivity index (χ2n) is 5.08. The Bertz CT molecular complexity index is 547. The van der Waals surface area contributed by atoms with Crippen LogP contribution in [0.15, 0.2) is 34.8 Å². The number of aryl methyl sites for hydroxylation is 2. The molecule has 0 saturated heterocycles. The van der Waals surface area contributed by atoms with E-state index in [1.165, 1.54) is 25.4 Å². The van der Waals surface area contributed by atoms with Crippen molar-refractivity contribution in [2.75, 3.05) is 0 Å². The average molecular weight is 338 g/mol. The van der Waals surface area contributed by atoms with Gasteiger partial charge >= 0.3 is 0 Å². The van der Waals surface area contributed by atoms with Gasteiger partial charge in [0.2, 0.25) is 0 Å². The minimum atomic E-state index is 0.498. The Morgan fingerprint density at radius 2 is 2.00 bits per heavy atom. The fourth-order valence-corrected chi connectivity index (χ4v) is 3.45. The molecule has 0 radical (unpaired) electrons. The minimum absolute atomic E-state index is 0.498. The van der Waals surface area contributed by atoms with Crippen LogP contribution in [0.4, 0.5) is 0 Å². The Kier molecular flexibility index (Phi) is 5.20. The quantitative estimate of drug-likeness (QED) is 0.822. The third-order valence-corrected chi connectivity index (χ3v) is 5.07. The zero-order valence-electron chi connectivity index (χ0n) is 11.7. The van der Waals surface area contributed by atoms with Crippen LogP contribution in [-0.2, 0) is 13.0 Å². The molecule has 0 amide bonds. The first-order chi connectivity index (χ1) is 9.04. The lowest BCUT2D eigenvalue weighted by atomic mass is 10.1. The van der Waals surface area contributed by atoms with Crippen molar-refractivity contribution >= 4 is 27.3 Å². The van der Waals surface area contributed by atoms with Crippen molar-refractivity contribution in [1.29, 1.82) is 0 Å². The molecule has 2 rings (SSSR count). The zero-order chi connectivity index (χ0) is 13.8. The van der Waals surface area contributed by atoms with Crippen molar-refractivity contribution in [3.8, 4) is 0 Å². The van der Waals surface area contributed by atoms with Gasteiger partial charge in [0, 0.05) is 26.8 Å². The van der Waals surface area contributed by atoms with Crippen molar-refractivity contribution in [2.24, 2.45) is 0 Å². The molecule has 0 bridgehead atoms. The SMILES string of the molecule is Cc1ccc(CC(C)NCc2ccc(C)c(Br)c2)s1. The van der Waals surface area contributed by atoms with Crippen LogP contribution < -0.4 is 5.32 Å². The van der Waals surface area contributed by atoms with Crippen LogP contribution in [-0.4, -0.2) is 6.04 Å². The van der Waals surface area contributed by atoms with Crippen LogP contribution in [0, 0.1) is 13.8 Å². The molecular weight excluding hydrogens is 318 g/mol. The summed E-state index contributed by atoms with van der Waals surface area (Å²) < 4.78 is 1.19. The summed E-state index contributed by atoms with van der Waals surface area (Å²) in [6.07, 6.45) is 1.10. The van der Waals surface area contributed by atoms with E-state index in [9.17, 15) is 0 Å². The number of hydrogen-bond donors (Lipinski definition) is 1. The van der Waals surface area contributed by atoms with Gasteiger partial charge in [0.1, 0.15) is 0 Å². The van der Waals surface area contributed by atoms with Crippen molar-refractivity contribution in [1.82, 2.24) is 5.32 Å². The molecule has 2 aromatic rings. The van der Waals surface area contributed by atoms with Gasteiger partial charge < -0.3 is 5.32 Å². The first kappa shape index (κ1) is 14.8. The maximum Gasteiger partial charge on any atom is 0.0208 e. The molecule has 1 heterocycles. The first-order valence-electron chi connectivity index (χ1n) is 6.58. The van der Waals surface area contributed by atoms with Crippen LogP contribution in [0.1, 0.15) is 27.8 Å². The summed E-state index contributed by atoms with van der Waals surface area (Å²) in [5.41, 5.74) is 2.61. The summed E-state index contributed by atoms with van der Waals surface area (Å²) in [5, 5.41) is 3.59. The highest BCUT2D eigenvalue weighted by Crippen LogP contribution is 2.18. The molecule has 0 fully saturated rings. The topological polar surface area (TPSA) is 12.0 Å². The molecule has 1 N–H and O–H groups in total. The van der Waals surface area contributed by atoms with Gasteiger partial charge in [0.05, 0.1) is 0 Å². The Labute approximate surface area is 128 Å². The van der Waals surface area contributed by atoms with E-state index in [1.807, 2.05) is 11.3 Å². The van der Waals surface area contributed by atoms with E-state index < -0.39 is 0 Å². The van der Waals surface area contributed by atoms with Gasteiger partial charge in [-0.2, -0.15) is 0 Å². The number of halogens is 1. The fraction of sp³-hybridized carbons (Fsp3) is 0.375. The molecule has 1 unspecified atom stereocenters. The zero-order valence-corrected chi connectivity index (χ0v) is 14.1. The molecule has 0 aliphatic rings. The number of nitrogens with one attached hydrogen (secondary N) is 1. The van der Waals surface area contributed by atoms with E-state index in [2.05, 4.69) is 72.3 Å². The lowest BCUT2D eigenvalue weighted by molar-refractivity contribution is 0.548. The lowest BCUT2D eigenvalue weighted by Crippen LogP contribution is -2.27. The Balaban J connectivity index is 1.86. The average Bonchev–Trinajstić information content (AvgIpc) is 2.76. The second kappa shape index (κ2) is 6.69. The van der Waals surface area contributed by atoms with Crippen LogP contribution in [0.3, 0.4) is 0 Å². The fourth-order valence-electron chi connectivity index (χ4n) is 2.01. The molecule has 0 aliphatic heterocycles. The number of hydrogen-bond acceptors (Lipinski definition) is 2. The lowest BCUT2D eigenvalue weighted by Gasteiger charge is -2.13. The summed E-state index contributed by atoms with van der Waals surface area (Å²) in [7, 11) is 0. The van der Waals surface area contributed by atoms with Gasteiger partial charge in [-0.15, -0.1) is 11.3 Å². The van der Waals surface area contributed by atoms with Crippen molar-refractivity contribution in [3.63, 3.8) is 0 Å². The van der Waals surface area contributed by atoms with Crippen LogP contribution in [0.5, 0.6) is 0 Å². The monoisotopic (exact) mass is 337 g/mol. The molecule has 1 atom stereocenters. The van der Waals surface area contributed by atoms with Gasteiger partial charge in [0.15, 0.2) is 0 Å². The molecule has 3 heteroatoms. The smallest absolute Gasteiger partial charge is 0.0208 e. The predicted octanol–water partition coefficient (Wildman–Crippen LogP) is 4.85. The molecule has 19 heavy (non-hydrogen) atoms. The van der Waals surface area contributed by atoms with Gasteiger partial charge in [-0.3, -0.25) is 0 Å². The van der Waals surface area contributed by atoms with E-state index in [0.29, 0.717) is 6.04 Å². The normalized spacial score (nSPS) is 12.6. The highest BCUT2D eigenvalue weighted by Gasteiger charge is 2.05. The summed E-state index contributed by atoms with van der Waals surface area (Å²) in [5.74, 6) is 0. The minimum Gasteiger partial charge on any atom is -0.310 e. The van der Waals surface area contributed by atoms with E-state index in [0.717, 1.165) is 13.0 Å². The van der Waals surface area contributed by atoms with Gasteiger partial charge in [-0.25, -0.2) is 0 Å². The molecule has 1 aromatic carbocycles. The van der Waals surface area contributed by atoms with Gasteiger partial charge in [-0.05, 0) is 56.5 Å². The van der Waals surface area contributed by atoms with E-state index in [4.69, 9.17) is 0 Å². The summed E-state index contributed by atoms with van der Waals surface area (Å²) >= 11 is 5.48. The summed E-state index contributed by atoms with van der Waals surface area (Å²) in [4.78, 5) is 2.85. The Morgan fingerprint density at radius 3 is 2.63 bits per heavy atom. The standard InChI is InChI=1S/C16H20BrNS/c1-11-4-6-14(9-16(11)17)10-18-12(2)8-15-7-5-13(3)19-15/h4-7,9,12,18H,8,10H2,1-3H3. The Hall–Kier alpha value is -0.640. The largest absolute Gasteiger partial charge is 0.310 e. The predicted molar refractivity (Wildman–Crippen MR) is 87.9 cm³/mol. The second-order valence-corrected chi connectivity index (χ2v) is 7.31. The highest BCUT2D eigenvalue weighted by molar-refractivity contribution is 9.10. The third kappa shape index (κ3) is 4.44. The summed E-state index contributed by atoms with van der Waals surface area (Å²) in [6, 6.07) is 11.5. The van der Waals surface area contributed by atoms with Crippen LogP contribution >= 0.6 is 27.3 Å². The number of benzene rings is 1. The maximum atomic E-state index is 3.59. The number of thiophene rings is 1. The highest BCUT2D eigenvalue weighted by atomic mass is 79.9. The summed E-state index contributed by atoms with van der Waals surface area (Å²) in [6.45, 7) is 7.45. The van der Waals surface area contributed by atoms with E-state index in [-0.39, 0.29) is 0 Å². The number of rotatable bonds is 5. The molecule has 1 aromatic heterocycles. The molecule has 0 aliphatic carbocycles. The van der Waals surface area contributed by atoms with Gasteiger partial charge in [-0.1, -0.05) is 28.1 Å². The molecular formula is C16H20BrNS. The molecule has 0 saturated carbocycles. The van der Waals surface area contributed by atoms with Crippen LogP contribution in [0.2, 0.25) is 0 Å². The maximum absolute atomic E-state index is 3.59. The molecule has 1 nitrogen and oxygen atoms in total. The molecule has 102 valence electrons.